The second-order valence-electron chi connectivity index (χ2n) is 6.60. The Morgan fingerprint density at radius 1 is 1.25 bits per heavy atom. The van der Waals surface area contributed by atoms with Gasteiger partial charge in [0.05, 0.1) is 13.2 Å². The minimum atomic E-state index is 0.0491. The van der Waals surface area contributed by atoms with Crippen LogP contribution in [-0.4, -0.2) is 23.3 Å². The number of unbranched alkanes of at least 4 members (excludes halogenated alkanes) is 1. The van der Waals surface area contributed by atoms with Crippen molar-refractivity contribution < 1.29 is 9.53 Å². The third kappa shape index (κ3) is 5.34. The molecule has 0 unspecified atom stereocenters. The van der Waals surface area contributed by atoms with Gasteiger partial charge in [-0.05, 0) is 25.8 Å². The average molecular weight is 327 g/mol. The summed E-state index contributed by atoms with van der Waals surface area (Å²) in [6.45, 7) is 7.49. The van der Waals surface area contributed by atoms with Gasteiger partial charge in [0.15, 0.2) is 5.78 Å². The molecule has 1 aromatic rings. The van der Waals surface area contributed by atoms with Gasteiger partial charge in [-0.15, -0.1) is 0 Å². The summed E-state index contributed by atoms with van der Waals surface area (Å²) in [5, 5.41) is 0. The molecule has 2 rings (SSSR count). The maximum absolute atomic E-state index is 12.6. The highest BCUT2D eigenvalue weighted by Crippen LogP contribution is 2.24. The smallest absolute Gasteiger partial charge is 0.161 e. The second kappa shape index (κ2) is 9.43. The SMILES string of the molecule is CCCCC(=O)C1=CN(C(C)C)C=C[C@H]1COCc1ccccc1. The van der Waals surface area contributed by atoms with E-state index in [0.717, 1.165) is 24.0 Å². The molecule has 0 bridgehead atoms. The van der Waals surface area contributed by atoms with Crippen molar-refractivity contribution in [1.29, 1.82) is 0 Å². The first kappa shape index (κ1) is 18.5. The lowest BCUT2D eigenvalue weighted by Gasteiger charge is -2.29. The van der Waals surface area contributed by atoms with E-state index in [-0.39, 0.29) is 11.7 Å². The fourth-order valence-corrected chi connectivity index (χ4v) is 2.71. The number of nitrogens with zero attached hydrogens (tertiary/aromatic N) is 1. The highest BCUT2D eigenvalue weighted by atomic mass is 16.5. The summed E-state index contributed by atoms with van der Waals surface area (Å²) >= 11 is 0. The Balaban J connectivity index is 1.99. The Morgan fingerprint density at radius 2 is 2.00 bits per heavy atom. The van der Waals surface area contributed by atoms with E-state index in [1.807, 2.05) is 24.4 Å². The molecule has 0 saturated carbocycles. The molecule has 0 fully saturated rings. The predicted molar refractivity (Wildman–Crippen MR) is 98.3 cm³/mol. The first-order valence-corrected chi connectivity index (χ1v) is 8.94. The van der Waals surface area contributed by atoms with Crippen LogP contribution in [0.1, 0.15) is 45.6 Å². The number of ether oxygens (including phenoxy) is 1. The minimum Gasteiger partial charge on any atom is -0.376 e. The van der Waals surface area contributed by atoms with Gasteiger partial charge in [0, 0.05) is 36.4 Å². The van der Waals surface area contributed by atoms with E-state index in [2.05, 4.69) is 50.1 Å². The molecule has 1 aromatic carbocycles. The maximum Gasteiger partial charge on any atom is 0.161 e. The lowest BCUT2D eigenvalue weighted by Crippen LogP contribution is -2.28. The predicted octanol–water partition coefficient (Wildman–Crippen LogP) is 4.70. The van der Waals surface area contributed by atoms with Crippen molar-refractivity contribution in [2.75, 3.05) is 6.61 Å². The van der Waals surface area contributed by atoms with Gasteiger partial charge in [-0.25, -0.2) is 0 Å². The maximum atomic E-state index is 12.6. The Morgan fingerprint density at radius 3 is 2.67 bits per heavy atom. The molecule has 130 valence electrons. The number of benzene rings is 1. The third-order valence-corrected chi connectivity index (χ3v) is 4.26. The molecule has 0 aliphatic carbocycles. The van der Waals surface area contributed by atoms with Crippen LogP contribution in [0.5, 0.6) is 0 Å². The van der Waals surface area contributed by atoms with Crippen LogP contribution in [0.3, 0.4) is 0 Å². The van der Waals surface area contributed by atoms with Crippen molar-refractivity contribution in [2.45, 2.75) is 52.7 Å². The number of Topliss-reactive ketones (excluding diaryl/α,β-unsaturated/α-hetero) is 1. The van der Waals surface area contributed by atoms with Crippen LogP contribution in [0.25, 0.3) is 0 Å². The molecule has 1 atom stereocenters. The zero-order chi connectivity index (χ0) is 17.4. The van der Waals surface area contributed by atoms with Crippen molar-refractivity contribution >= 4 is 5.78 Å². The standard InChI is InChI=1S/C21H29NO2/c1-4-5-11-21(23)20-14-22(17(2)3)13-12-19(20)16-24-15-18-9-7-6-8-10-18/h6-10,12-14,17,19H,4-5,11,15-16H2,1-3H3/t19-/m0/s1. The van der Waals surface area contributed by atoms with E-state index >= 15 is 0 Å². The summed E-state index contributed by atoms with van der Waals surface area (Å²) < 4.78 is 5.88. The van der Waals surface area contributed by atoms with Crippen molar-refractivity contribution in [3.05, 3.63) is 59.9 Å². The molecule has 0 spiro atoms. The van der Waals surface area contributed by atoms with Crippen LogP contribution in [0.15, 0.2) is 54.4 Å². The van der Waals surface area contributed by atoms with Crippen LogP contribution in [-0.2, 0) is 16.1 Å². The molecule has 3 nitrogen and oxygen atoms in total. The summed E-state index contributed by atoms with van der Waals surface area (Å²) in [6.07, 6.45) is 8.79. The zero-order valence-electron chi connectivity index (χ0n) is 15.1. The quantitative estimate of drug-likeness (QED) is 0.658. The highest BCUT2D eigenvalue weighted by Gasteiger charge is 2.23. The molecule has 1 heterocycles. The van der Waals surface area contributed by atoms with Gasteiger partial charge in [-0.2, -0.15) is 0 Å². The van der Waals surface area contributed by atoms with E-state index in [9.17, 15) is 4.79 Å². The Kier molecular flexibility index (Phi) is 7.26. The van der Waals surface area contributed by atoms with Gasteiger partial charge >= 0.3 is 0 Å². The molecule has 3 heteroatoms. The molecular formula is C21H29NO2. The molecule has 24 heavy (non-hydrogen) atoms. The summed E-state index contributed by atoms with van der Waals surface area (Å²) in [6, 6.07) is 10.5. The van der Waals surface area contributed by atoms with Crippen LogP contribution in [0.2, 0.25) is 0 Å². The lowest BCUT2D eigenvalue weighted by atomic mass is 9.92. The fourth-order valence-electron chi connectivity index (χ4n) is 2.71. The molecule has 1 aliphatic rings. The van der Waals surface area contributed by atoms with Gasteiger partial charge < -0.3 is 9.64 Å². The number of carbonyl (C=O) groups is 1. The molecule has 0 amide bonds. The summed E-state index contributed by atoms with van der Waals surface area (Å²) in [7, 11) is 0. The minimum absolute atomic E-state index is 0.0491. The molecule has 0 aromatic heterocycles. The van der Waals surface area contributed by atoms with Gasteiger partial charge in [-0.1, -0.05) is 49.8 Å². The van der Waals surface area contributed by atoms with Gasteiger partial charge in [0.25, 0.3) is 0 Å². The van der Waals surface area contributed by atoms with Crippen LogP contribution < -0.4 is 0 Å². The molecule has 0 radical (unpaired) electrons. The van der Waals surface area contributed by atoms with Crippen molar-refractivity contribution in [2.24, 2.45) is 5.92 Å². The number of hydrogen-bond donors (Lipinski definition) is 0. The molecule has 0 N–H and O–H groups in total. The van der Waals surface area contributed by atoms with Crippen molar-refractivity contribution in [3.8, 4) is 0 Å². The first-order valence-electron chi connectivity index (χ1n) is 8.94. The van der Waals surface area contributed by atoms with Gasteiger partial charge in [0.1, 0.15) is 0 Å². The normalized spacial score (nSPS) is 17.2. The molecule has 0 saturated heterocycles. The van der Waals surface area contributed by atoms with E-state index < -0.39 is 0 Å². The lowest BCUT2D eigenvalue weighted by molar-refractivity contribution is -0.116. The van der Waals surface area contributed by atoms with E-state index in [1.54, 1.807) is 0 Å². The Bertz CT molecular complexity index is 575. The Labute approximate surface area is 146 Å². The monoisotopic (exact) mass is 327 g/mol. The van der Waals surface area contributed by atoms with Crippen LogP contribution in [0, 0.1) is 5.92 Å². The first-order chi connectivity index (χ1) is 11.6. The zero-order valence-corrected chi connectivity index (χ0v) is 15.1. The molecular weight excluding hydrogens is 298 g/mol. The van der Waals surface area contributed by atoms with E-state index in [0.29, 0.717) is 25.7 Å². The van der Waals surface area contributed by atoms with E-state index in [1.165, 1.54) is 0 Å². The number of rotatable bonds is 9. The van der Waals surface area contributed by atoms with Gasteiger partial charge in [0.2, 0.25) is 0 Å². The van der Waals surface area contributed by atoms with Crippen molar-refractivity contribution in [1.82, 2.24) is 4.90 Å². The largest absolute Gasteiger partial charge is 0.376 e. The summed E-state index contributed by atoms with van der Waals surface area (Å²) in [5.74, 6) is 0.299. The van der Waals surface area contributed by atoms with Gasteiger partial charge in [-0.3, -0.25) is 4.79 Å². The van der Waals surface area contributed by atoms with Crippen LogP contribution >= 0.6 is 0 Å². The second-order valence-corrected chi connectivity index (χ2v) is 6.60. The summed E-state index contributed by atoms with van der Waals surface area (Å²) in [4.78, 5) is 14.7. The third-order valence-electron chi connectivity index (χ3n) is 4.26. The average Bonchev–Trinajstić information content (AvgIpc) is 2.60. The fraction of sp³-hybridized carbons (Fsp3) is 0.476. The van der Waals surface area contributed by atoms with Crippen LogP contribution in [0.4, 0.5) is 0 Å². The van der Waals surface area contributed by atoms with E-state index in [4.69, 9.17) is 4.74 Å². The van der Waals surface area contributed by atoms with Crippen molar-refractivity contribution in [3.63, 3.8) is 0 Å². The molecule has 1 aliphatic heterocycles. The topological polar surface area (TPSA) is 29.5 Å². The summed E-state index contributed by atoms with van der Waals surface area (Å²) in [5.41, 5.74) is 2.04. The highest BCUT2D eigenvalue weighted by molar-refractivity contribution is 5.96. The number of hydrogen-bond acceptors (Lipinski definition) is 3. The Hall–Kier alpha value is -1.87. The number of ketones is 1. The number of carbonyl (C=O) groups excluding carboxylic acids is 1.